The molecule has 0 spiro atoms. The van der Waals surface area contributed by atoms with Crippen LogP contribution in [0.3, 0.4) is 0 Å². The molecule has 7 heteroatoms. The predicted molar refractivity (Wildman–Crippen MR) is 118 cm³/mol. The summed E-state index contributed by atoms with van der Waals surface area (Å²) in [6, 6.07) is 7.63. The van der Waals surface area contributed by atoms with Gasteiger partial charge in [-0.2, -0.15) is 0 Å². The molecule has 1 heterocycles. The number of carbonyl (C=O) groups is 1. The Labute approximate surface area is 180 Å². The molecule has 166 valence electrons. The number of aliphatic imine (C=N–C) groups is 1. The standard InChI is InChI=1S/C23H36N4O3/c1-2-25-23(26-15-19-8-5-9-21(14-19)30-17-22(24)28)27-12-10-20(11-13-27)29-16-18-6-3-4-7-18/h5,8-9,14,18,20H,2-4,6-7,10-13,15-17H2,1H3,(H2,24,28)(H,25,26). The van der Waals surface area contributed by atoms with Crippen LogP contribution in [-0.4, -0.2) is 55.7 Å². The molecular weight excluding hydrogens is 380 g/mol. The van der Waals surface area contributed by atoms with Crippen LogP contribution in [0.4, 0.5) is 0 Å². The number of guanidine groups is 1. The minimum absolute atomic E-state index is 0.118. The third kappa shape index (κ3) is 7.20. The zero-order valence-electron chi connectivity index (χ0n) is 18.1. The van der Waals surface area contributed by atoms with Gasteiger partial charge in [0.15, 0.2) is 12.6 Å². The molecule has 2 fully saturated rings. The molecule has 1 aromatic carbocycles. The van der Waals surface area contributed by atoms with E-state index in [1.54, 1.807) is 0 Å². The van der Waals surface area contributed by atoms with Crippen LogP contribution in [0.2, 0.25) is 0 Å². The minimum atomic E-state index is -0.483. The van der Waals surface area contributed by atoms with Crippen molar-refractivity contribution in [2.45, 2.75) is 58.1 Å². The second kappa shape index (κ2) is 11.8. The molecule has 1 aliphatic carbocycles. The fourth-order valence-electron chi connectivity index (χ4n) is 4.16. The Morgan fingerprint density at radius 2 is 2.00 bits per heavy atom. The number of benzene rings is 1. The minimum Gasteiger partial charge on any atom is -0.484 e. The topological polar surface area (TPSA) is 89.2 Å². The number of nitrogens with two attached hydrogens (primary N) is 1. The van der Waals surface area contributed by atoms with Crippen molar-refractivity contribution in [1.29, 1.82) is 0 Å². The van der Waals surface area contributed by atoms with E-state index in [0.717, 1.165) is 56.5 Å². The Morgan fingerprint density at radius 3 is 2.70 bits per heavy atom. The van der Waals surface area contributed by atoms with Gasteiger partial charge in [0.05, 0.1) is 12.6 Å². The number of primary amides is 1. The summed E-state index contributed by atoms with van der Waals surface area (Å²) >= 11 is 0. The van der Waals surface area contributed by atoms with Gasteiger partial charge in [-0.25, -0.2) is 4.99 Å². The van der Waals surface area contributed by atoms with Crippen LogP contribution in [0.15, 0.2) is 29.3 Å². The van der Waals surface area contributed by atoms with Gasteiger partial charge in [0.1, 0.15) is 5.75 Å². The highest BCUT2D eigenvalue weighted by Gasteiger charge is 2.23. The van der Waals surface area contributed by atoms with Gasteiger partial charge in [-0.15, -0.1) is 0 Å². The van der Waals surface area contributed by atoms with Gasteiger partial charge in [-0.1, -0.05) is 25.0 Å². The molecule has 0 bridgehead atoms. The van der Waals surface area contributed by atoms with E-state index in [9.17, 15) is 4.79 Å². The van der Waals surface area contributed by atoms with E-state index in [4.69, 9.17) is 20.2 Å². The molecule has 0 atom stereocenters. The van der Waals surface area contributed by atoms with Gasteiger partial charge >= 0.3 is 0 Å². The zero-order valence-corrected chi connectivity index (χ0v) is 18.1. The van der Waals surface area contributed by atoms with Crippen LogP contribution < -0.4 is 15.8 Å². The second-order valence-corrected chi connectivity index (χ2v) is 8.24. The molecular formula is C23H36N4O3. The number of amides is 1. The molecule has 2 aliphatic rings. The molecule has 1 saturated heterocycles. The normalized spacial score (nSPS) is 18.6. The summed E-state index contributed by atoms with van der Waals surface area (Å²) in [7, 11) is 0. The first-order chi connectivity index (χ1) is 14.6. The number of hydrogen-bond acceptors (Lipinski definition) is 4. The van der Waals surface area contributed by atoms with E-state index in [1.807, 2.05) is 24.3 Å². The largest absolute Gasteiger partial charge is 0.484 e. The molecule has 1 saturated carbocycles. The fraction of sp³-hybridized carbons (Fsp3) is 0.652. The van der Waals surface area contributed by atoms with Gasteiger partial charge in [-0.3, -0.25) is 4.79 Å². The molecule has 1 aliphatic heterocycles. The van der Waals surface area contributed by atoms with Gasteiger partial charge in [-0.05, 0) is 56.2 Å². The van der Waals surface area contributed by atoms with E-state index in [-0.39, 0.29) is 6.61 Å². The molecule has 0 aromatic heterocycles. The number of likely N-dealkylation sites (tertiary alicyclic amines) is 1. The van der Waals surface area contributed by atoms with Crippen molar-refractivity contribution in [3.05, 3.63) is 29.8 Å². The third-order valence-corrected chi connectivity index (χ3v) is 5.81. The molecule has 1 aromatic rings. The lowest BCUT2D eigenvalue weighted by molar-refractivity contribution is -0.119. The lowest BCUT2D eigenvalue weighted by Crippen LogP contribution is -2.47. The Balaban J connectivity index is 1.49. The first-order valence-corrected chi connectivity index (χ1v) is 11.3. The van der Waals surface area contributed by atoms with Crippen LogP contribution in [0.1, 0.15) is 51.0 Å². The summed E-state index contributed by atoms with van der Waals surface area (Å²) in [6.07, 6.45) is 7.89. The fourth-order valence-corrected chi connectivity index (χ4v) is 4.16. The second-order valence-electron chi connectivity index (χ2n) is 8.24. The van der Waals surface area contributed by atoms with Crippen LogP contribution in [0.25, 0.3) is 0 Å². The molecule has 1 amide bonds. The van der Waals surface area contributed by atoms with Crippen LogP contribution in [-0.2, 0) is 16.1 Å². The number of piperidine rings is 1. The molecule has 30 heavy (non-hydrogen) atoms. The summed E-state index contributed by atoms with van der Waals surface area (Å²) in [4.78, 5) is 18.1. The Bertz CT molecular complexity index is 695. The Hall–Kier alpha value is -2.28. The highest BCUT2D eigenvalue weighted by Crippen LogP contribution is 2.26. The van der Waals surface area contributed by atoms with Gasteiger partial charge < -0.3 is 25.4 Å². The van der Waals surface area contributed by atoms with E-state index in [2.05, 4.69) is 17.1 Å². The molecule has 0 radical (unpaired) electrons. The van der Waals surface area contributed by atoms with Crippen molar-refractivity contribution in [3.63, 3.8) is 0 Å². The predicted octanol–water partition coefficient (Wildman–Crippen LogP) is 2.69. The van der Waals surface area contributed by atoms with Crippen molar-refractivity contribution < 1.29 is 14.3 Å². The number of hydrogen-bond donors (Lipinski definition) is 2. The number of carbonyl (C=O) groups excluding carboxylic acids is 1. The van der Waals surface area contributed by atoms with Gasteiger partial charge in [0, 0.05) is 26.2 Å². The maximum absolute atomic E-state index is 10.9. The van der Waals surface area contributed by atoms with E-state index in [0.29, 0.717) is 18.4 Å². The molecule has 3 N–H and O–H groups in total. The summed E-state index contributed by atoms with van der Waals surface area (Å²) in [5.41, 5.74) is 6.17. The first kappa shape index (κ1) is 22.4. The van der Waals surface area contributed by atoms with Crippen molar-refractivity contribution in [1.82, 2.24) is 10.2 Å². The summed E-state index contributed by atoms with van der Waals surface area (Å²) < 4.78 is 11.6. The Kier molecular flexibility index (Phi) is 8.81. The van der Waals surface area contributed by atoms with Crippen molar-refractivity contribution in [2.75, 3.05) is 32.8 Å². The maximum atomic E-state index is 10.9. The average Bonchev–Trinajstić information content (AvgIpc) is 3.28. The van der Waals surface area contributed by atoms with Gasteiger partial charge in [0.2, 0.25) is 0 Å². The first-order valence-electron chi connectivity index (χ1n) is 11.3. The molecule has 3 rings (SSSR count). The molecule has 0 unspecified atom stereocenters. The SMILES string of the molecule is CCNC(=NCc1cccc(OCC(N)=O)c1)N1CCC(OCC2CCCC2)CC1. The van der Waals surface area contributed by atoms with E-state index in [1.165, 1.54) is 25.7 Å². The average molecular weight is 417 g/mol. The smallest absolute Gasteiger partial charge is 0.255 e. The highest BCUT2D eigenvalue weighted by atomic mass is 16.5. The van der Waals surface area contributed by atoms with E-state index < -0.39 is 5.91 Å². The Morgan fingerprint density at radius 1 is 1.23 bits per heavy atom. The maximum Gasteiger partial charge on any atom is 0.255 e. The van der Waals surface area contributed by atoms with Crippen molar-refractivity contribution >= 4 is 11.9 Å². The third-order valence-electron chi connectivity index (χ3n) is 5.81. The summed E-state index contributed by atoms with van der Waals surface area (Å²) in [5, 5.41) is 3.41. The zero-order chi connectivity index (χ0) is 21.2. The van der Waals surface area contributed by atoms with Crippen molar-refractivity contribution in [3.8, 4) is 5.75 Å². The molecule has 7 nitrogen and oxygen atoms in total. The quantitative estimate of drug-likeness (QED) is 0.477. The van der Waals surface area contributed by atoms with Crippen LogP contribution >= 0.6 is 0 Å². The monoisotopic (exact) mass is 416 g/mol. The highest BCUT2D eigenvalue weighted by molar-refractivity contribution is 5.80. The van der Waals surface area contributed by atoms with Gasteiger partial charge in [0.25, 0.3) is 5.91 Å². The lowest BCUT2D eigenvalue weighted by Gasteiger charge is -2.34. The number of rotatable bonds is 9. The number of nitrogens with zero attached hydrogens (tertiary/aromatic N) is 2. The number of nitrogens with one attached hydrogen (secondary N) is 1. The summed E-state index contributed by atoms with van der Waals surface area (Å²) in [6.45, 7) is 6.21. The lowest BCUT2D eigenvalue weighted by atomic mass is 10.1. The van der Waals surface area contributed by atoms with Crippen molar-refractivity contribution in [2.24, 2.45) is 16.6 Å². The van der Waals surface area contributed by atoms with Crippen LogP contribution in [0.5, 0.6) is 5.75 Å². The summed E-state index contributed by atoms with van der Waals surface area (Å²) in [5.74, 6) is 1.87. The van der Waals surface area contributed by atoms with E-state index >= 15 is 0 Å². The number of ether oxygens (including phenoxy) is 2. The van der Waals surface area contributed by atoms with Crippen LogP contribution in [0, 0.1) is 5.92 Å².